The Morgan fingerprint density at radius 1 is 1.16 bits per heavy atom. The van der Waals surface area contributed by atoms with Gasteiger partial charge < -0.3 is 10.4 Å². The van der Waals surface area contributed by atoms with Gasteiger partial charge in [0.25, 0.3) is 0 Å². The Morgan fingerprint density at radius 2 is 1.68 bits per heavy atom. The lowest BCUT2D eigenvalue weighted by Gasteiger charge is -2.27. The predicted octanol–water partition coefficient (Wildman–Crippen LogP) is 2.19. The molecule has 0 unspecified atom stereocenters. The molecule has 4 nitrogen and oxygen atoms in total. The number of carboxylic acid groups (broad SMARTS) is 1. The minimum atomic E-state index is -1.01. The standard InChI is InChI=1S/C15H21NO3/c1-10(2)12(13(17)18)16-14(19)15(3,4)11-8-6-5-7-9-11/h5-10,12H,1-4H3,(H,16,19)(H,17,18)/t12-/m1/s1. The van der Waals surface area contributed by atoms with Crippen LogP contribution in [0.25, 0.3) is 0 Å². The molecule has 104 valence electrons. The molecule has 1 amide bonds. The molecule has 1 aromatic carbocycles. The summed E-state index contributed by atoms with van der Waals surface area (Å²) in [4.78, 5) is 23.4. The van der Waals surface area contributed by atoms with E-state index < -0.39 is 17.4 Å². The quantitative estimate of drug-likeness (QED) is 0.855. The molecule has 0 fully saturated rings. The summed E-state index contributed by atoms with van der Waals surface area (Å²) in [6.07, 6.45) is 0. The van der Waals surface area contributed by atoms with Crippen LogP contribution in [-0.2, 0) is 15.0 Å². The van der Waals surface area contributed by atoms with E-state index >= 15 is 0 Å². The van der Waals surface area contributed by atoms with Crippen molar-refractivity contribution in [2.75, 3.05) is 0 Å². The highest BCUT2D eigenvalue weighted by Gasteiger charge is 2.33. The van der Waals surface area contributed by atoms with Gasteiger partial charge in [0.15, 0.2) is 0 Å². The normalized spacial score (nSPS) is 13.1. The Hall–Kier alpha value is -1.84. The Kier molecular flexibility index (Phi) is 4.70. The molecular formula is C15H21NO3. The van der Waals surface area contributed by atoms with E-state index in [9.17, 15) is 9.59 Å². The second-order valence-electron chi connectivity index (χ2n) is 5.52. The molecule has 4 heteroatoms. The monoisotopic (exact) mass is 263 g/mol. The number of rotatable bonds is 5. The molecule has 0 saturated carbocycles. The molecule has 1 atom stereocenters. The van der Waals surface area contributed by atoms with Crippen molar-refractivity contribution in [1.29, 1.82) is 0 Å². The summed E-state index contributed by atoms with van der Waals surface area (Å²) in [5, 5.41) is 11.7. The molecule has 0 heterocycles. The SMILES string of the molecule is CC(C)[C@@H](NC(=O)C(C)(C)c1ccccc1)C(=O)O. The second kappa shape index (κ2) is 5.87. The van der Waals surface area contributed by atoms with Gasteiger partial charge in [-0.15, -0.1) is 0 Å². The first kappa shape index (κ1) is 15.2. The smallest absolute Gasteiger partial charge is 0.326 e. The van der Waals surface area contributed by atoms with E-state index in [-0.39, 0.29) is 11.8 Å². The van der Waals surface area contributed by atoms with Crippen molar-refractivity contribution in [2.45, 2.75) is 39.2 Å². The van der Waals surface area contributed by atoms with Crippen LogP contribution in [0.15, 0.2) is 30.3 Å². The van der Waals surface area contributed by atoms with Crippen LogP contribution in [0.1, 0.15) is 33.3 Å². The van der Waals surface area contributed by atoms with Gasteiger partial charge in [-0.2, -0.15) is 0 Å². The summed E-state index contributed by atoms with van der Waals surface area (Å²) < 4.78 is 0. The number of carbonyl (C=O) groups excluding carboxylic acids is 1. The average molecular weight is 263 g/mol. The van der Waals surface area contributed by atoms with Gasteiger partial charge in [-0.1, -0.05) is 44.2 Å². The van der Waals surface area contributed by atoms with Gasteiger partial charge in [0.1, 0.15) is 6.04 Å². The van der Waals surface area contributed by atoms with Gasteiger partial charge in [0, 0.05) is 0 Å². The highest BCUT2D eigenvalue weighted by molar-refractivity contribution is 5.90. The van der Waals surface area contributed by atoms with Gasteiger partial charge in [-0.05, 0) is 25.3 Å². The first-order valence-electron chi connectivity index (χ1n) is 6.36. The number of aliphatic carboxylic acids is 1. The lowest BCUT2D eigenvalue weighted by molar-refractivity contribution is -0.143. The fourth-order valence-electron chi connectivity index (χ4n) is 1.82. The third-order valence-corrected chi connectivity index (χ3v) is 3.28. The number of hydrogen-bond donors (Lipinski definition) is 2. The van der Waals surface area contributed by atoms with Crippen LogP contribution in [0, 0.1) is 5.92 Å². The summed E-state index contributed by atoms with van der Waals surface area (Å²) in [6, 6.07) is 8.47. The van der Waals surface area contributed by atoms with Gasteiger partial charge in [-0.3, -0.25) is 4.79 Å². The fourth-order valence-corrected chi connectivity index (χ4v) is 1.82. The van der Waals surface area contributed by atoms with E-state index in [0.717, 1.165) is 5.56 Å². The molecule has 0 radical (unpaired) electrons. The second-order valence-corrected chi connectivity index (χ2v) is 5.52. The molecule has 1 aromatic rings. The molecule has 1 rings (SSSR count). The molecule has 0 aromatic heterocycles. The maximum Gasteiger partial charge on any atom is 0.326 e. The number of hydrogen-bond acceptors (Lipinski definition) is 2. The summed E-state index contributed by atoms with van der Waals surface area (Å²) in [7, 11) is 0. The van der Waals surface area contributed by atoms with E-state index in [1.54, 1.807) is 27.7 Å². The minimum Gasteiger partial charge on any atom is -0.480 e. The molecule has 0 aliphatic heterocycles. The maximum atomic E-state index is 12.3. The highest BCUT2D eigenvalue weighted by Crippen LogP contribution is 2.23. The Labute approximate surface area is 113 Å². The van der Waals surface area contributed by atoms with E-state index in [0.29, 0.717) is 0 Å². The highest BCUT2D eigenvalue weighted by atomic mass is 16.4. The third-order valence-electron chi connectivity index (χ3n) is 3.28. The van der Waals surface area contributed by atoms with Crippen molar-refractivity contribution in [2.24, 2.45) is 5.92 Å². The fraction of sp³-hybridized carbons (Fsp3) is 0.467. The van der Waals surface area contributed by atoms with Crippen molar-refractivity contribution < 1.29 is 14.7 Å². The van der Waals surface area contributed by atoms with Crippen molar-refractivity contribution >= 4 is 11.9 Å². The molecule has 19 heavy (non-hydrogen) atoms. The molecule has 0 aliphatic rings. The van der Waals surface area contributed by atoms with Crippen LogP contribution < -0.4 is 5.32 Å². The molecule has 0 bridgehead atoms. The lowest BCUT2D eigenvalue weighted by atomic mass is 9.83. The maximum absolute atomic E-state index is 12.3. The van der Waals surface area contributed by atoms with E-state index in [2.05, 4.69) is 5.32 Å². The van der Waals surface area contributed by atoms with E-state index in [1.165, 1.54) is 0 Å². The Bertz CT molecular complexity index is 452. The molecule has 0 spiro atoms. The average Bonchev–Trinajstić information content (AvgIpc) is 2.35. The van der Waals surface area contributed by atoms with Crippen LogP contribution in [0.2, 0.25) is 0 Å². The van der Waals surface area contributed by atoms with Crippen molar-refractivity contribution in [1.82, 2.24) is 5.32 Å². The summed E-state index contributed by atoms with van der Waals surface area (Å²) in [5.74, 6) is -1.44. The van der Waals surface area contributed by atoms with Crippen LogP contribution in [0.3, 0.4) is 0 Å². The minimum absolute atomic E-state index is 0.159. The molecular weight excluding hydrogens is 242 g/mol. The van der Waals surface area contributed by atoms with Gasteiger partial charge >= 0.3 is 5.97 Å². The topological polar surface area (TPSA) is 66.4 Å². The number of nitrogens with one attached hydrogen (secondary N) is 1. The Balaban J connectivity index is 2.91. The van der Waals surface area contributed by atoms with Gasteiger partial charge in [0.2, 0.25) is 5.91 Å². The summed E-state index contributed by atoms with van der Waals surface area (Å²) in [6.45, 7) is 7.12. The summed E-state index contributed by atoms with van der Waals surface area (Å²) in [5.41, 5.74) is 0.101. The molecule has 0 saturated heterocycles. The zero-order chi connectivity index (χ0) is 14.6. The van der Waals surface area contributed by atoms with E-state index in [4.69, 9.17) is 5.11 Å². The number of carboxylic acids is 1. The van der Waals surface area contributed by atoms with Gasteiger partial charge in [0.05, 0.1) is 5.41 Å². The largest absolute Gasteiger partial charge is 0.480 e. The number of benzene rings is 1. The van der Waals surface area contributed by atoms with Crippen molar-refractivity contribution in [3.8, 4) is 0 Å². The number of carbonyl (C=O) groups is 2. The van der Waals surface area contributed by atoms with Crippen LogP contribution in [0.5, 0.6) is 0 Å². The molecule has 2 N–H and O–H groups in total. The van der Waals surface area contributed by atoms with Crippen molar-refractivity contribution in [3.05, 3.63) is 35.9 Å². The predicted molar refractivity (Wildman–Crippen MR) is 73.9 cm³/mol. The molecule has 0 aliphatic carbocycles. The van der Waals surface area contributed by atoms with Crippen LogP contribution in [-0.4, -0.2) is 23.0 Å². The first-order valence-corrected chi connectivity index (χ1v) is 6.36. The third kappa shape index (κ3) is 3.56. The summed E-state index contributed by atoms with van der Waals surface area (Å²) >= 11 is 0. The lowest BCUT2D eigenvalue weighted by Crippen LogP contribution is -2.50. The zero-order valence-corrected chi connectivity index (χ0v) is 11.8. The van der Waals surface area contributed by atoms with Crippen molar-refractivity contribution in [3.63, 3.8) is 0 Å². The van der Waals surface area contributed by atoms with Crippen LogP contribution >= 0.6 is 0 Å². The van der Waals surface area contributed by atoms with Gasteiger partial charge in [-0.25, -0.2) is 4.79 Å². The van der Waals surface area contributed by atoms with E-state index in [1.807, 2.05) is 30.3 Å². The number of amides is 1. The zero-order valence-electron chi connectivity index (χ0n) is 11.8. The Morgan fingerprint density at radius 3 is 2.11 bits per heavy atom. The van der Waals surface area contributed by atoms with Crippen LogP contribution in [0.4, 0.5) is 0 Å². The first-order chi connectivity index (χ1) is 8.76.